The number of benzene rings is 1. The molecule has 2 atom stereocenters. The van der Waals surface area contributed by atoms with Crippen LogP contribution in [0.2, 0.25) is 0 Å². The predicted octanol–water partition coefficient (Wildman–Crippen LogP) is 1.39. The number of likely N-dealkylation sites (tertiary alicyclic amines) is 1. The minimum atomic E-state index is -0.153. The first-order valence-electron chi connectivity index (χ1n) is 6.87. The van der Waals surface area contributed by atoms with E-state index in [0.29, 0.717) is 6.54 Å². The molecule has 1 aromatic carbocycles. The van der Waals surface area contributed by atoms with Crippen molar-refractivity contribution in [2.45, 2.75) is 25.3 Å². The van der Waals surface area contributed by atoms with E-state index in [4.69, 9.17) is 9.47 Å². The minimum Gasteiger partial charge on any atom is -0.377 e. The van der Waals surface area contributed by atoms with Gasteiger partial charge in [0.1, 0.15) is 5.82 Å². The van der Waals surface area contributed by atoms with Gasteiger partial charge >= 0.3 is 0 Å². The summed E-state index contributed by atoms with van der Waals surface area (Å²) in [6, 6.07) is 5.28. The Morgan fingerprint density at radius 3 is 2.45 bits per heavy atom. The lowest BCUT2D eigenvalue weighted by molar-refractivity contribution is -0.00461. The minimum absolute atomic E-state index is 0.0588. The first kappa shape index (κ1) is 15.4. The lowest BCUT2D eigenvalue weighted by Crippen LogP contribution is -2.27. The summed E-state index contributed by atoms with van der Waals surface area (Å²) in [5.74, 6) is -0.153. The fourth-order valence-electron chi connectivity index (χ4n) is 2.70. The highest BCUT2D eigenvalue weighted by Crippen LogP contribution is 2.20. The molecular formula is C15H23FN2O2. The number of ether oxygens (including phenoxy) is 2. The summed E-state index contributed by atoms with van der Waals surface area (Å²) in [7, 11) is 5.26. The van der Waals surface area contributed by atoms with E-state index < -0.39 is 0 Å². The predicted molar refractivity (Wildman–Crippen MR) is 76.0 cm³/mol. The van der Waals surface area contributed by atoms with Gasteiger partial charge in [-0.25, -0.2) is 4.39 Å². The van der Waals surface area contributed by atoms with Crippen LogP contribution in [0.3, 0.4) is 0 Å². The van der Waals surface area contributed by atoms with Crippen molar-refractivity contribution in [2.24, 2.45) is 0 Å². The smallest absolute Gasteiger partial charge is 0.127 e. The lowest BCUT2D eigenvalue weighted by Gasteiger charge is -2.16. The Labute approximate surface area is 119 Å². The maximum absolute atomic E-state index is 13.9. The Morgan fingerprint density at radius 2 is 1.90 bits per heavy atom. The second-order valence-corrected chi connectivity index (χ2v) is 5.20. The third-order valence-corrected chi connectivity index (χ3v) is 3.78. The number of nitrogens with one attached hydrogen (secondary N) is 1. The Bertz CT molecular complexity index is 430. The van der Waals surface area contributed by atoms with Crippen LogP contribution >= 0.6 is 0 Å². The van der Waals surface area contributed by atoms with E-state index in [9.17, 15) is 4.39 Å². The maximum atomic E-state index is 13.9. The van der Waals surface area contributed by atoms with Gasteiger partial charge in [0.25, 0.3) is 0 Å². The molecule has 112 valence electrons. The van der Waals surface area contributed by atoms with Crippen LogP contribution in [0.4, 0.5) is 4.39 Å². The third kappa shape index (κ3) is 3.55. The van der Waals surface area contributed by atoms with Gasteiger partial charge in [-0.3, -0.25) is 4.90 Å². The van der Waals surface area contributed by atoms with E-state index in [-0.39, 0.29) is 18.0 Å². The standard InChI is InChI=1S/C15H23FN2O2/c1-17-7-11-4-5-13(16)12(6-11)8-18-9-14(19-2)15(10-18)20-3/h4-6,14-15,17H,7-10H2,1-3H3. The molecule has 5 heteroatoms. The molecule has 1 aliphatic heterocycles. The maximum Gasteiger partial charge on any atom is 0.127 e. The molecule has 20 heavy (non-hydrogen) atoms. The van der Waals surface area contributed by atoms with Gasteiger partial charge in [-0.1, -0.05) is 12.1 Å². The fourth-order valence-corrected chi connectivity index (χ4v) is 2.70. The fraction of sp³-hybridized carbons (Fsp3) is 0.600. The monoisotopic (exact) mass is 282 g/mol. The molecule has 4 nitrogen and oxygen atoms in total. The second kappa shape index (κ2) is 7.13. The molecule has 2 rings (SSSR count). The Morgan fingerprint density at radius 1 is 1.25 bits per heavy atom. The molecule has 0 spiro atoms. The van der Waals surface area contributed by atoms with E-state index in [0.717, 1.165) is 30.8 Å². The van der Waals surface area contributed by atoms with Crippen LogP contribution in [0.1, 0.15) is 11.1 Å². The molecule has 1 heterocycles. The first-order chi connectivity index (χ1) is 9.67. The van der Waals surface area contributed by atoms with E-state index >= 15 is 0 Å². The van der Waals surface area contributed by atoms with Gasteiger partial charge in [0.05, 0.1) is 12.2 Å². The van der Waals surface area contributed by atoms with Crippen molar-refractivity contribution in [3.05, 3.63) is 35.1 Å². The molecule has 0 radical (unpaired) electrons. The molecular weight excluding hydrogens is 259 g/mol. The van der Waals surface area contributed by atoms with E-state index in [2.05, 4.69) is 10.2 Å². The van der Waals surface area contributed by atoms with Crippen molar-refractivity contribution >= 4 is 0 Å². The van der Waals surface area contributed by atoms with E-state index in [1.807, 2.05) is 19.2 Å². The van der Waals surface area contributed by atoms with Crippen LogP contribution < -0.4 is 5.32 Å². The van der Waals surface area contributed by atoms with Crippen molar-refractivity contribution in [3.63, 3.8) is 0 Å². The van der Waals surface area contributed by atoms with Gasteiger partial charge in [0.2, 0.25) is 0 Å². The van der Waals surface area contributed by atoms with Gasteiger partial charge in [-0.05, 0) is 18.7 Å². The highest BCUT2D eigenvalue weighted by Gasteiger charge is 2.33. The average molecular weight is 282 g/mol. The largest absolute Gasteiger partial charge is 0.377 e. The van der Waals surface area contributed by atoms with Crippen molar-refractivity contribution in [3.8, 4) is 0 Å². The van der Waals surface area contributed by atoms with Gasteiger partial charge in [-0.2, -0.15) is 0 Å². The Kier molecular flexibility index (Phi) is 5.48. The molecule has 1 saturated heterocycles. The van der Waals surface area contributed by atoms with Crippen LogP contribution in [0, 0.1) is 5.82 Å². The molecule has 0 aliphatic carbocycles. The highest BCUT2D eigenvalue weighted by atomic mass is 19.1. The SMILES string of the molecule is CNCc1ccc(F)c(CN2CC(OC)C(OC)C2)c1. The van der Waals surface area contributed by atoms with Crippen LogP contribution in [0.5, 0.6) is 0 Å². The molecule has 0 bridgehead atoms. The van der Waals surface area contributed by atoms with Gasteiger partial charge in [-0.15, -0.1) is 0 Å². The zero-order chi connectivity index (χ0) is 14.5. The molecule has 1 aliphatic rings. The van der Waals surface area contributed by atoms with Crippen molar-refractivity contribution in [1.29, 1.82) is 0 Å². The number of hydrogen-bond acceptors (Lipinski definition) is 4. The molecule has 1 aromatic rings. The van der Waals surface area contributed by atoms with Gasteiger partial charge < -0.3 is 14.8 Å². The first-order valence-corrected chi connectivity index (χ1v) is 6.87. The number of halogens is 1. The average Bonchev–Trinajstić information content (AvgIpc) is 2.85. The summed E-state index contributed by atoms with van der Waals surface area (Å²) < 4.78 is 24.7. The molecule has 1 N–H and O–H groups in total. The van der Waals surface area contributed by atoms with Crippen LogP contribution in [0.15, 0.2) is 18.2 Å². The summed E-state index contributed by atoms with van der Waals surface area (Å²) in [5.41, 5.74) is 1.82. The topological polar surface area (TPSA) is 33.7 Å². The quantitative estimate of drug-likeness (QED) is 0.855. The second-order valence-electron chi connectivity index (χ2n) is 5.20. The summed E-state index contributed by atoms with van der Waals surface area (Å²) in [4.78, 5) is 2.17. The summed E-state index contributed by atoms with van der Waals surface area (Å²) in [6.07, 6.45) is 0.118. The third-order valence-electron chi connectivity index (χ3n) is 3.78. The molecule has 0 saturated carbocycles. The highest BCUT2D eigenvalue weighted by molar-refractivity contribution is 5.25. The zero-order valence-electron chi connectivity index (χ0n) is 12.4. The number of rotatable bonds is 6. The molecule has 2 unspecified atom stereocenters. The van der Waals surface area contributed by atoms with Crippen LogP contribution in [-0.2, 0) is 22.6 Å². The van der Waals surface area contributed by atoms with Crippen LogP contribution in [-0.4, -0.2) is 51.5 Å². The normalized spacial score (nSPS) is 23.4. The van der Waals surface area contributed by atoms with Crippen molar-refractivity contribution < 1.29 is 13.9 Å². The Hall–Kier alpha value is -1.01. The van der Waals surface area contributed by atoms with E-state index in [1.165, 1.54) is 0 Å². The Balaban J connectivity index is 2.04. The van der Waals surface area contributed by atoms with Gasteiger partial charge in [0.15, 0.2) is 0 Å². The lowest BCUT2D eigenvalue weighted by atomic mass is 10.1. The summed E-state index contributed by atoms with van der Waals surface area (Å²) in [6.45, 7) is 2.87. The number of methoxy groups -OCH3 is 2. The summed E-state index contributed by atoms with van der Waals surface area (Å²) in [5, 5.41) is 3.08. The zero-order valence-corrected chi connectivity index (χ0v) is 12.4. The number of hydrogen-bond donors (Lipinski definition) is 1. The molecule has 0 aromatic heterocycles. The molecule has 0 amide bonds. The van der Waals surface area contributed by atoms with E-state index in [1.54, 1.807) is 20.3 Å². The van der Waals surface area contributed by atoms with Crippen molar-refractivity contribution in [1.82, 2.24) is 10.2 Å². The molecule has 1 fully saturated rings. The van der Waals surface area contributed by atoms with Gasteiger partial charge in [0, 0.05) is 46.0 Å². The van der Waals surface area contributed by atoms with Crippen LogP contribution in [0.25, 0.3) is 0 Å². The van der Waals surface area contributed by atoms with Crippen molar-refractivity contribution in [2.75, 3.05) is 34.4 Å². The summed E-state index contributed by atoms with van der Waals surface area (Å²) >= 11 is 0. The number of nitrogens with zero attached hydrogens (tertiary/aromatic N) is 1.